The van der Waals surface area contributed by atoms with Gasteiger partial charge in [-0.1, -0.05) is 0 Å². The molecule has 0 aliphatic carbocycles. The maximum absolute atomic E-state index is 10.6. The van der Waals surface area contributed by atoms with Crippen LogP contribution in [0.4, 0.5) is 0 Å². The molecular formula is C10H12N2O4. The average molecular weight is 224 g/mol. The highest BCUT2D eigenvalue weighted by Gasteiger charge is 2.22. The highest BCUT2D eigenvalue weighted by atomic mass is 16.4. The van der Waals surface area contributed by atoms with Crippen LogP contribution in [0, 0.1) is 6.92 Å². The second kappa shape index (κ2) is 5.20. The Kier molecular flexibility index (Phi) is 3.93. The summed E-state index contributed by atoms with van der Waals surface area (Å²) in [6.07, 6.45) is 2.40. The van der Waals surface area contributed by atoms with Crippen LogP contribution in [-0.2, 0) is 9.59 Å². The van der Waals surface area contributed by atoms with Gasteiger partial charge in [-0.25, -0.2) is 0 Å². The molecule has 0 amide bonds. The number of carboxylic acid groups (broad SMARTS) is 2. The molecule has 6 heteroatoms. The number of hydrogen-bond acceptors (Lipinski definition) is 4. The van der Waals surface area contributed by atoms with Crippen molar-refractivity contribution in [2.24, 2.45) is 0 Å². The molecule has 86 valence electrons. The summed E-state index contributed by atoms with van der Waals surface area (Å²) < 4.78 is 0. The maximum atomic E-state index is 10.6. The third-order valence-corrected chi connectivity index (χ3v) is 2.15. The fraction of sp³-hybridized carbons (Fsp3) is 0.400. The second-order valence-electron chi connectivity index (χ2n) is 3.42. The van der Waals surface area contributed by atoms with Crippen LogP contribution in [0.1, 0.15) is 30.1 Å². The van der Waals surface area contributed by atoms with Gasteiger partial charge < -0.3 is 10.2 Å². The molecule has 1 aromatic rings. The van der Waals surface area contributed by atoms with Crippen molar-refractivity contribution in [2.45, 2.75) is 25.7 Å². The molecule has 2 N–H and O–H groups in total. The van der Waals surface area contributed by atoms with E-state index in [1.54, 1.807) is 6.92 Å². The van der Waals surface area contributed by atoms with Crippen molar-refractivity contribution >= 4 is 11.9 Å². The third-order valence-electron chi connectivity index (χ3n) is 2.15. The topological polar surface area (TPSA) is 100 Å². The van der Waals surface area contributed by atoms with Gasteiger partial charge in [0.15, 0.2) is 0 Å². The van der Waals surface area contributed by atoms with Gasteiger partial charge in [-0.3, -0.25) is 19.6 Å². The first kappa shape index (κ1) is 12.1. The molecule has 0 spiro atoms. The third kappa shape index (κ3) is 3.30. The van der Waals surface area contributed by atoms with E-state index in [0.29, 0.717) is 11.4 Å². The number of nitrogens with zero attached hydrogens (tertiary/aromatic N) is 2. The molecule has 0 bridgehead atoms. The van der Waals surface area contributed by atoms with E-state index in [9.17, 15) is 9.59 Å². The first-order valence-electron chi connectivity index (χ1n) is 4.71. The summed E-state index contributed by atoms with van der Waals surface area (Å²) in [5, 5.41) is 17.4. The fourth-order valence-corrected chi connectivity index (χ4v) is 1.51. The van der Waals surface area contributed by atoms with Gasteiger partial charge >= 0.3 is 11.9 Å². The Morgan fingerprint density at radius 3 is 2.12 bits per heavy atom. The number of carboxylic acids is 2. The van der Waals surface area contributed by atoms with Crippen LogP contribution >= 0.6 is 0 Å². The van der Waals surface area contributed by atoms with Crippen molar-refractivity contribution < 1.29 is 19.8 Å². The van der Waals surface area contributed by atoms with E-state index in [0.717, 1.165) is 0 Å². The molecule has 0 saturated heterocycles. The quantitative estimate of drug-likeness (QED) is 0.767. The van der Waals surface area contributed by atoms with Gasteiger partial charge in [0.05, 0.1) is 24.2 Å². The lowest BCUT2D eigenvalue weighted by atomic mass is 9.96. The Hall–Kier alpha value is -1.98. The predicted octanol–water partition coefficient (Wildman–Crippen LogP) is 0.818. The van der Waals surface area contributed by atoms with E-state index in [-0.39, 0.29) is 12.8 Å². The van der Waals surface area contributed by atoms with Crippen LogP contribution in [0.15, 0.2) is 12.4 Å². The summed E-state index contributed by atoms with van der Waals surface area (Å²) in [6.45, 7) is 1.68. The van der Waals surface area contributed by atoms with Crippen molar-refractivity contribution in [3.63, 3.8) is 0 Å². The summed E-state index contributed by atoms with van der Waals surface area (Å²) in [5.41, 5.74) is 1.00. The number of hydrogen-bond donors (Lipinski definition) is 2. The Bertz CT molecular complexity index is 390. The van der Waals surface area contributed by atoms with Gasteiger partial charge in [0.25, 0.3) is 0 Å². The van der Waals surface area contributed by atoms with Gasteiger partial charge in [0.1, 0.15) is 0 Å². The van der Waals surface area contributed by atoms with Gasteiger partial charge in [0.2, 0.25) is 0 Å². The molecule has 0 saturated carbocycles. The highest BCUT2D eigenvalue weighted by molar-refractivity contribution is 5.72. The van der Waals surface area contributed by atoms with E-state index in [2.05, 4.69) is 9.97 Å². The zero-order chi connectivity index (χ0) is 12.1. The summed E-state index contributed by atoms with van der Waals surface area (Å²) >= 11 is 0. The number of aryl methyl sites for hydroxylation is 1. The Labute approximate surface area is 92.0 Å². The largest absolute Gasteiger partial charge is 0.481 e. The smallest absolute Gasteiger partial charge is 0.304 e. The Balaban J connectivity index is 2.96. The first-order chi connectivity index (χ1) is 7.50. The second-order valence-corrected chi connectivity index (χ2v) is 3.42. The predicted molar refractivity (Wildman–Crippen MR) is 54.0 cm³/mol. The van der Waals surface area contributed by atoms with E-state index < -0.39 is 17.9 Å². The zero-order valence-corrected chi connectivity index (χ0v) is 8.75. The first-order valence-corrected chi connectivity index (χ1v) is 4.71. The van der Waals surface area contributed by atoms with Crippen LogP contribution in [0.2, 0.25) is 0 Å². The van der Waals surface area contributed by atoms with Crippen LogP contribution in [0.3, 0.4) is 0 Å². The molecule has 0 aromatic carbocycles. The molecule has 0 unspecified atom stereocenters. The normalized spacial score (nSPS) is 10.4. The molecule has 0 aliphatic rings. The molecule has 0 radical (unpaired) electrons. The minimum Gasteiger partial charge on any atom is -0.481 e. The van der Waals surface area contributed by atoms with Crippen molar-refractivity contribution in [3.05, 3.63) is 23.8 Å². The maximum Gasteiger partial charge on any atom is 0.304 e. The fourth-order valence-electron chi connectivity index (χ4n) is 1.51. The number of aliphatic carboxylic acids is 2. The number of rotatable bonds is 5. The van der Waals surface area contributed by atoms with Crippen LogP contribution in [0.5, 0.6) is 0 Å². The molecule has 1 aromatic heterocycles. The molecular weight excluding hydrogens is 212 g/mol. The van der Waals surface area contributed by atoms with E-state index in [1.807, 2.05) is 0 Å². The lowest BCUT2D eigenvalue weighted by Crippen LogP contribution is -2.14. The van der Waals surface area contributed by atoms with Crippen LogP contribution in [-0.4, -0.2) is 32.1 Å². The summed E-state index contributed by atoms with van der Waals surface area (Å²) in [4.78, 5) is 29.2. The standard InChI is InChI=1S/C10H12N2O4/c1-6-10(12-3-2-11-6)7(4-8(13)14)5-9(15)16/h2-3,7H,4-5H2,1H3,(H,13,14)(H,15,16). The Morgan fingerprint density at radius 2 is 1.69 bits per heavy atom. The van der Waals surface area contributed by atoms with Crippen LogP contribution < -0.4 is 0 Å². The number of aromatic nitrogens is 2. The van der Waals surface area contributed by atoms with Crippen molar-refractivity contribution in [1.29, 1.82) is 0 Å². The van der Waals surface area contributed by atoms with E-state index in [4.69, 9.17) is 10.2 Å². The average Bonchev–Trinajstić information content (AvgIpc) is 2.15. The molecule has 0 aliphatic heterocycles. The Morgan fingerprint density at radius 1 is 1.19 bits per heavy atom. The SMILES string of the molecule is Cc1nccnc1C(CC(=O)O)CC(=O)O. The van der Waals surface area contributed by atoms with Crippen LogP contribution in [0.25, 0.3) is 0 Å². The van der Waals surface area contributed by atoms with Gasteiger partial charge in [-0.05, 0) is 6.92 Å². The van der Waals surface area contributed by atoms with Crippen molar-refractivity contribution in [3.8, 4) is 0 Å². The van der Waals surface area contributed by atoms with E-state index in [1.165, 1.54) is 12.4 Å². The number of carbonyl (C=O) groups is 2. The minimum absolute atomic E-state index is 0.258. The van der Waals surface area contributed by atoms with Crippen molar-refractivity contribution in [1.82, 2.24) is 9.97 Å². The summed E-state index contributed by atoms with van der Waals surface area (Å²) in [5.74, 6) is -2.73. The molecule has 0 atom stereocenters. The lowest BCUT2D eigenvalue weighted by Gasteiger charge is -2.13. The molecule has 1 heterocycles. The van der Waals surface area contributed by atoms with Crippen molar-refractivity contribution in [2.75, 3.05) is 0 Å². The molecule has 16 heavy (non-hydrogen) atoms. The summed E-state index contributed by atoms with van der Waals surface area (Å²) in [7, 11) is 0. The minimum atomic E-state index is -1.05. The molecule has 6 nitrogen and oxygen atoms in total. The lowest BCUT2D eigenvalue weighted by molar-refractivity contribution is -0.139. The van der Waals surface area contributed by atoms with Gasteiger partial charge in [-0.15, -0.1) is 0 Å². The highest BCUT2D eigenvalue weighted by Crippen LogP contribution is 2.23. The monoisotopic (exact) mass is 224 g/mol. The molecule has 1 rings (SSSR count). The van der Waals surface area contributed by atoms with Gasteiger partial charge in [-0.2, -0.15) is 0 Å². The van der Waals surface area contributed by atoms with Gasteiger partial charge in [0, 0.05) is 18.3 Å². The summed E-state index contributed by atoms with van der Waals surface area (Å²) in [6, 6.07) is 0. The molecule has 0 fully saturated rings. The van der Waals surface area contributed by atoms with E-state index >= 15 is 0 Å². The zero-order valence-electron chi connectivity index (χ0n) is 8.75.